The topological polar surface area (TPSA) is 38.9 Å². The molecule has 66 valence electrons. The molecule has 0 unspecified atom stereocenters. The maximum absolute atomic E-state index is 12.7. The Kier molecular flexibility index (Phi) is 2.94. The summed E-state index contributed by atoms with van der Waals surface area (Å²) in [6.45, 7) is 0.181. The zero-order valence-electron chi connectivity index (χ0n) is 6.10. The Morgan fingerprint density at radius 2 is 2.17 bits per heavy atom. The number of rotatable bonds is 2. The molecule has 0 saturated heterocycles. The van der Waals surface area contributed by atoms with E-state index in [1.807, 2.05) is 0 Å². The number of pyridine rings is 1. The van der Waals surface area contributed by atoms with Gasteiger partial charge in [-0.25, -0.2) is 4.98 Å². The molecule has 0 bridgehead atoms. The van der Waals surface area contributed by atoms with Crippen LogP contribution < -0.4 is 5.73 Å². The summed E-state index contributed by atoms with van der Waals surface area (Å²) in [6.07, 6.45) is 0. The van der Waals surface area contributed by atoms with Crippen molar-refractivity contribution in [2.75, 3.05) is 0 Å². The third-order valence-corrected chi connectivity index (χ3v) is 1.86. The van der Waals surface area contributed by atoms with Crippen LogP contribution in [0.25, 0.3) is 0 Å². The molecule has 1 aromatic rings. The summed E-state index contributed by atoms with van der Waals surface area (Å²) in [5.74, 6) is 0. The van der Waals surface area contributed by atoms with E-state index in [0.717, 1.165) is 22.6 Å². The first-order chi connectivity index (χ1) is 5.54. The molecule has 0 fully saturated rings. The third-order valence-electron chi connectivity index (χ3n) is 1.31. The minimum atomic E-state index is -2.91. The first kappa shape index (κ1) is 9.79. The highest BCUT2D eigenvalue weighted by Gasteiger charge is 2.28. The molecule has 0 atom stereocenters. The second kappa shape index (κ2) is 3.61. The SMILES string of the molecule is NCc1cccc(C(F)(F)I)n1. The van der Waals surface area contributed by atoms with Gasteiger partial charge in [-0.15, -0.1) is 0 Å². The molecule has 2 nitrogen and oxygen atoms in total. The molecule has 12 heavy (non-hydrogen) atoms. The quantitative estimate of drug-likeness (QED) is 0.666. The van der Waals surface area contributed by atoms with Crippen molar-refractivity contribution in [3.05, 3.63) is 29.6 Å². The van der Waals surface area contributed by atoms with E-state index >= 15 is 0 Å². The number of hydrogen-bond donors (Lipinski definition) is 1. The minimum absolute atomic E-state index is 0.181. The lowest BCUT2D eigenvalue weighted by atomic mass is 10.3. The van der Waals surface area contributed by atoms with Crippen molar-refractivity contribution < 1.29 is 8.78 Å². The van der Waals surface area contributed by atoms with Gasteiger partial charge >= 0.3 is 3.93 Å². The van der Waals surface area contributed by atoms with Gasteiger partial charge in [-0.05, 0) is 12.1 Å². The fourth-order valence-corrected chi connectivity index (χ4v) is 1.05. The Labute approximate surface area is 82.3 Å². The van der Waals surface area contributed by atoms with Gasteiger partial charge in [0.15, 0.2) is 0 Å². The number of aromatic nitrogens is 1. The van der Waals surface area contributed by atoms with Gasteiger partial charge in [-0.2, -0.15) is 8.78 Å². The molecule has 5 heteroatoms. The van der Waals surface area contributed by atoms with E-state index in [1.165, 1.54) is 12.1 Å². The molecule has 0 spiro atoms. The van der Waals surface area contributed by atoms with Crippen LogP contribution >= 0.6 is 22.6 Å². The lowest BCUT2D eigenvalue weighted by Gasteiger charge is -2.07. The molecule has 0 saturated carbocycles. The van der Waals surface area contributed by atoms with Gasteiger partial charge in [-0.3, -0.25) is 0 Å². The highest BCUT2D eigenvalue weighted by molar-refractivity contribution is 14.1. The summed E-state index contributed by atoms with van der Waals surface area (Å²) in [5.41, 5.74) is 5.48. The summed E-state index contributed by atoms with van der Waals surface area (Å²) in [6, 6.07) is 4.43. The third kappa shape index (κ3) is 2.34. The number of nitrogens with two attached hydrogens (primary N) is 1. The van der Waals surface area contributed by atoms with Crippen LogP contribution in [-0.2, 0) is 10.5 Å². The van der Waals surface area contributed by atoms with Gasteiger partial charge in [0, 0.05) is 29.1 Å². The van der Waals surface area contributed by atoms with Crippen LogP contribution in [0, 0.1) is 0 Å². The van der Waals surface area contributed by atoms with Gasteiger partial charge in [0.25, 0.3) is 0 Å². The van der Waals surface area contributed by atoms with Crippen LogP contribution in [0.15, 0.2) is 18.2 Å². The van der Waals surface area contributed by atoms with Crippen molar-refractivity contribution in [1.29, 1.82) is 0 Å². The molecule has 1 aromatic heterocycles. The summed E-state index contributed by atoms with van der Waals surface area (Å²) in [5, 5.41) is 0. The van der Waals surface area contributed by atoms with Crippen molar-refractivity contribution in [3.63, 3.8) is 0 Å². The van der Waals surface area contributed by atoms with E-state index in [9.17, 15) is 8.78 Å². The zero-order valence-corrected chi connectivity index (χ0v) is 8.26. The minimum Gasteiger partial charge on any atom is -0.325 e. The average Bonchev–Trinajstić information content (AvgIpc) is 2.03. The lowest BCUT2D eigenvalue weighted by molar-refractivity contribution is 0.122. The van der Waals surface area contributed by atoms with Crippen LogP contribution in [0.1, 0.15) is 11.4 Å². The first-order valence-electron chi connectivity index (χ1n) is 3.27. The van der Waals surface area contributed by atoms with Crippen LogP contribution in [0.4, 0.5) is 8.78 Å². The smallest absolute Gasteiger partial charge is 0.325 e. The molecule has 0 aromatic carbocycles. The number of alkyl halides is 3. The average molecular weight is 284 g/mol. The monoisotopic (exact) mass is 284 g/mol. The van der Waals surface area contributed by atoms with Crippen molar-refractivity contribution >= 4 is 22.6 Å². The maximum atomic E-state index is 12.7. The molecular formula is C7H7F2IN2. The Balaban J connectivity index is 3.02. The zero-order chi connectivity index (χ0) is 9.19. The number of hydrogen-bond acceptors (Lipinski definition) is 2. The lowest BCUT2D eigenvalue weighted by Crippen LogP contribution is -2.08. The van der Waals surface area contributed by atoms with Gasteiger partial charge < -0.3 is 5.73 Å². The normalized spacial score (nSPS) is 11.7. The molecule has 2 N–H and O–H groups in total. The second-order valence-electron chi connectivity index (χ2n) is 2.22. The van der Waals surface area contributed by atoms with Crippen LogP contribution in [0.3, 0.4) is 0 Å². The molecule has 1 heterocycles. The predicted molar refractivity (Wildman–Crippen MR) is 50.0 cm³/mol. The molecule has 0 amide bonds. The van der Waals surface area contributed by atoms with E-state index in [0.29, 0.717) is 5.69 Å². The Morgan fingerprint density at radius 3 is 2.67 bits per heavy atom. The Hall–Kier alpha value is -0.300. The van der Waals surface area contributed by atoms with Crippen molar-refractivity contribution in [1.82, 2.24) is 4.98 Å². The fourth-order valence-electron chi connectivity index (χ4n) is 0.751. The highest BCUT2D eigenvalue weighted by Crippen LogP contribution is 2.33. The molecule has 0 radical (unpaired) electrons. The summed E-state index contributed by atoms with van der Waals surface area (Å²) >= 11 is 1.04. The van der Waals surface area contributed by atoms with Crippen LogP contribution in [0.2, 0.25) is 0 Å². The predicted octanol–water partition coefficient (Wildman–Crippen LogP) is 2.02. The van der Waals surface area contributed by atoms with Crippen molar-refractivity contribution in [2.24, 2.45) is 5.73 Å². The van der Waals surface area contributed by atoms with Gasteiger partial charge in [0.2, 0.25) is 0 Å². The van der Waals surface area contributed by atoms with Gasteiger partial charge in [0.1, 0.15) is 5.69 Å². The van der Waals surface area contributed by atoms with Crippen molar-refractivity contribution in [2.45, 2.75) is 10.5 Å². The van der Waals surface area contributed by atoms with Crippen LogP contribution in [0.5, 0.6) is 0 Å². The van der Waals surface area contributed by atoms with E-state index < -0.39 is 3.93 Å². The Bertz CT molecular complexity index is 272. The summed E-state index contributed by atoms with van der Waals surface area (Å²) in [7, 11) is 0. The fraction of sp³-hybridized carbons (Fsp3) is 0.286. The van der Waals surface area contributed by atoms with E-state index in [2.05, 4.69) is 4.98 Å². The van der Waals surface area contributed by atoms with E-state index in [-0.39, 0.29) is 12.2 Å². The molecule has 0 aliphatic rings. The number of halogens is 3. The molecule has 0 aliphatic heterocycles. The molecule has 1 rings (SSSR count). The van der Waals surface area contributed by atoms with Crippen LogP contribution in [-0.4, -0.2) is 4.98 Å². The van der Waals surface area contributed by atoms with E-state index in [4.69, 9.17) is 5.73 Å². The summed E-state index contributed by atoms with van der Waals surface area (Å²) in [4.78, 5) is 3.68. The first-order valence-corrected chi connectivity index (χ1v) is 4.35. The highest BCUT2D eigenvalue weighted by atomic mass is 127. The molecule has 0 aliphatic carbocycles. The van der Waals surface area contributed by atoms with E-state index in [1.54, 1.807) is 6.07 Å². The van der Waals surface area contributed by atoms with Crippen molar-refractivity contribution in [3.8, 4) is 0 Å². The second-order valence-corrected chi connectivity index (χ2v) is 3.57. The molecular weight excluding hydrogens is 277 g/mol. The largest absolute Gasteiger partial charge is 0.337 e. The van der Waals surface area contributed by atoms with Gasteiger partial charge in [0.05, 0.1) is 5.69 Å². The summed E-state index contributed by atoms with van der Waals surface area (Å²) < 4.78 is 22.4. The maximum Gasteiger partial charge on any atom is 0.337 e. The number of nitrogens with zero attached hydrogens (tertiary/aromatic N) is 1. The standard InChI is InChI=1S/C7H7F2IN2/c8-7(9,10)6-3-1-2-5(4-11)12-6/h1-3H,4,11H2. The Morgan fingerprint density at radius 1 is 1.50 bits per heavy atom. The van der Waals surface area contributed by atoms with Gasteiger partial charge in [-0.1, -0.05) is 6.07 Å².